The van der Waals surface area contributed by atoms with Crippen LogP contribution in [0.1, 0.15) is 16.1 Å². The number of halogens is 1. The Morgan fingerprint density at radius 3 is 2.81 bits per heavy atom. The fourth-order valence-electron chi connectivity index (χ4n) is 2.42. The van der Waals surface area contributed by atoms with E-state index in [9.17, 15) is 4.79 Å². The van der Waals surface area contributed by atoms with Crippen LogP contribution in [0.25, 0.3) is 15.9 Å². The third kappa shape index (κ3) is 2.51. The summed E-state index contributed by atoms with van der Waals surface area (Å²) < 4.78 is 1.89. The molecule has 0 saturated heterocycles. The first-order chi connectivity index (χ1) is 10.2. The Labute approximate surface area is 126 Å². The molecule has 102 valence electrons. The number of diazo groups is 1. The smallest absolute Gasteiger partial charge is 0.334 e. The monoisotopic (exact) mass is 296 g/mol. The molecule has 1 heterocycles. The van der Waals surface area contributed by atoms with Gasteiger partial charge in [0.25, 0.3) is 0 Å². The molecular weight excluding hydrogens is 286 g/mol. The van der Waals surface area contributed by atoms with Crippen LogP contribution < -0.4 is 0 Å². The van der Waals surface area contributed by atoms with E-state index in [0.29, 0.717) is 22.9 Å². The zero-order valence-corrected chi connectivity index (χ0v) is 11.8. The minimum Gasteiger partial charge on any atom is -0.334 e. The fourth-order valence-corrected chi connectivity index (χ4v) is 2.59. The first-order valence-corrected chi connectivity index (χ1v) is 6.77. The van der Waals surface area contributed by atoms with E-state index >= 15 is 0 Å². The zero-order chi connectivity index (χ0) is 14.8. The van der Waals surface area contributed by atoms with Crippen molar-refractivity contribution in [3.8, 4) is 0 Å². The first kappa shape index (κ1) is 13.3. The van der Waals surface area contributed by atoms with E-state index in [1.54, 1.807) is 18.2 Å². The van der Waals surface area contributed by atoms with E-state index in [0.717, 1.165) is 22.8 Å². The molecule has 0 bridgehead atoms. The van der Waals surface area contributed by atoms with Gasteiger partial charge in [0.05, 0.1) is 11.2 Å². The average Bonchev–Trinajstić information content (AvgIpc) is 2.85. The Hall–Kier alpha value is -2.64. The number of aldehydes is 1. The summed E-state index contributed by atoms with van der Waals surface area (Å²) in [5.41, 5.74) is 2.90. The Morgan fingerprint density at radius 1 is 1.19 bits per heavy atom. The lowest BCUT2D eigenvalue weighted by molar-refractivity contribution is 0.111. The first-order valence-electron chi connectivity index (χ1n) is 6.39. The second kappa shape index (κ2) is 5.39. The molecule has 0 radical (unpaired) electrons. The van der Waals surface area contributed by atoms with Crippen LogP contribution in [0.15, 0.2) is 48.5 Å². The second-order valence-electron chi connectivity index (χ2n) is 4.75. The molecule has 0 amide bonds. The largest absolute Gasteiger partial charge is 0.385 e. The van der Waals surface area contributed by atoms with Gasteiger partial charge in [0.15, 0.2) is 11.3 Å². The van der Waals surface area contributed by atoms with Gasteiger partial charge in [-0.25, -0.2) is 0 Å². The van der Waals surface area contributed by atoms with Gasteiger partial charge in [0, 0.05) is 29.1 Å². The van der Waals surface area contributed by atoms with Gasteiger partial charge in [0.2, 0.25) is 5.39 Å². The molecule has 3 rings (SSSR count). The quantitative estimate of drug-likeness (QED) is 0.522. The third-order valence-corrected chi connectivity index (χ3v) is 3.62. The highest BCUT2D eigenvalue weighted by atomic mass is 35.5. The molecule has 0 aliphatic rings. The Balaban J connectivity index is 2.12. The van der Waals surface area contributed by atoms with Crippen molar-refractivity contribution in [3.05, 3.63) is 69.8 Å². The molecule has 2 aromatic carbocycles. The van der Waals surface area contributed by atoms with Crippen molar-refractivity contribution < 1.29 is 4.79 Å². The highest BCUT2D eigenvalue weighted by Gasteiger charge is 2.11. The molecule has 0 fully saturated rings. The number of rotatable bonds is 3. The van der Waals surface area contributed by atoms with Crippen molar-refractivity contribution >= 4 is 34.5 Å². The summed E-state index contributed by atoms with van der Waals surface area (Å²) in [7, 11) is 0. The summed E-state index contributed by atoms with van der Waals surface area (Å²) in [4.78, 5) is 14.5. The number of benzene rings is 2. The molecule has 21 heavy (non-hydrogen) atoms. The highest BCUT2D eigenvalue weighted by Crippen LogP contribution is 2.24. The minimum absolute atomic E-state index is 0.481. The molecule has 0 spiro atoms. The van der Waals surface area contributed by atoms with Crippen LogP contribution in [-0.2, 0) is 6.54 Å². The summed E-state index contributed by atoms with van der Waals surface area (Å²) in [5, 5.41) is 10.4. The lowest BCUT2D eigenvalue weighted by Crippen LogP contribution is -2.03. The molecule has 0 N–H and O–H groups in total. The van der Waals surface area contributed by atoms with Crippen LogP contribution in [0.5, 0.6) is 0 Å². The summed E-state index contributed by atoms with van der Waals surface area (Å²) in [6, 6.07) is 14.6. The molecule has 0 saturated carbocycles. The van der Waals surface area contributed by atoms with Gasteiger partial charge in [0.1, 0.15) is 0 Å². The molecular formula is C16H11ClN3O+. The zero-order valence-electron chi connectivity index (χ0n) is 11.0. The van der Waals surface area contributed by atoms with E-state index in [2.05, 4.69) is 4.98 Å². The predicted molar refractivity (Wildman–Crippen MR) is 82.6 cm³/mol. The molecule has 1 aromatic heterocycles. The van der Waals surface area contributed by atoms with Gasteiger partial charge in [-0.2, -0.15) is 0 Å². The maximum atomic E-state index is 11.3. The van der Waals surface area contributed by atoms with Crippen LogP contribution in [0.2, 0.25) is 5.02 Å². The number of fused-ring (bicyclic) bond motifs is 1. The topological polar surface area (TPSA) is 50.1 Å². The molecule has 3 aromatic rings. The van der Waals surface area contributed by atoms with Crippen LogP contribution in [0.4, 0.5) is 5.69 Å². The minimum atomic E-state index is 0.481. The standard InChI is InChI=1S/C16H11ClN3O/c17-13-5-4-12-7-15(10-21)20(16(12)8-13)9-11-2-1-3-14(6-11)19-18/h1-8,10H,9H2/q+1. The van der Waals surface area contributed by atoms with Crippen LogP contribution >= 0.6 is 11.6 Å². The van der Waals surface area contributed by atoms with Crippen molar-refractivity contribution in [1.29, 1.82) is 5.39 Å². The summed E-state index contributed by atoms with van der Waals surface area (Å²) >= 11 is 6.04. The third-order valence-electron chi connectivity index (χ3n) is 3.39. The maximum absolute atomic E-state index is 11.3. The van der Waals surface area contributed by atoms with Gasteiger partial charge in [-0.1, -0.05) is 29.8 Å². The lowest BCUT2D eigenvalue weighted by Gasteiger charge is -2.07. The summed E-state index contributed by atoms with van der Waals surface area (Å²) in [6.07, 6.45) is 0.828. The molecule has 0 unspecified atom stereocenters. The predicted octanol–water partition coefficient (Wildman–Crippen LogP) is 4.64. The van der Waals surface area contributed by atoms with Crippen LogP contribution in [0, 0.1) is 5.39 Å². The summed E-state index contributed by atoms with van der Waals surface area (Å²) in [5.74, 6) is 0. The SMILES string of the molecule is N#[N+]c1cccc(Cn2c(C=O)cc3ccc(Cl)cc32)c1. The number of carbonyl (C=O) groups is 1. The summed E-state index contributed by atoms with van der Waals surface area (Å²) in [6.45, 7) is 0.501. The number of aromatic nitrogens is 1. The Bertz CT molecular complexity index is 877. The van der Waals surface area contributed by atoms with Crippen molar-refractivity contribution in [3.63, 3.8) is 0 Å². The fraction of sp³-hybridized carbons (Fsp3) is 0.0625. The van der Waals surface area contributed by atoms with Crippen LogP contribution in [0.3, 0.4) is 0 Å². The number of hydrogen-bond acceptors (Lipinski definition) is 2. The van der Waals surface area contributed by atoms with Gasteiger partial charge in [-0.3, -0.25) is 4.79 Å². The maximum Gasteiger partial charge on any atom is 0.385 e. The Morgan fingerprint density at radius 2 is 2.05 bits per heavy atom. The van der Waals surface area contributed by atoms with E-state index in [1.165, 1.54) is 0 Å². The average molecular weight is 297 g/mol. The van der Waals surface area contributed by atoms with Crippen molar-refractivity contribution in [1.82, 2.24) is 4.57 Å². The molecule has 4 nitrogen and oxygen atoms in total. The van der Waals surface area contributed by atoms with Crippen molar-refractivity contribution in [2.75, 3.05) is 0 Å². The molecule has 0 aliphatic carbocycles. The van der Waals surface area contributed by atoms with E-state index in [-0.39, 0.29) is 0 Å². The van der Waals surface area contributed by atoms with E-state index in [1.807, 2.05) is 34.9 Å². The lowest BCUT2D eigenvalue weighted by atomic mass is 10.2. The number of carbonyl (C=O) groups excluding carboxylic acids is 1. The molecule has 0 aliphatic heterocycles. The van der Waals surface area contributed by atoms with Gasteiger partial charge in [-0.05, 0) is 23.8 Å². The van der Waals surface area contributed by atoms with Gasteiger partial charge in [-0.15, -0.1) is 0 Å². The van der Waals surface area contributed by atoms with Crippen molar-refractivity contribution in [2.24, 2.45) is 0 Å². The number of hydrogen-bond donors (Lipinski definition) is 0. The normalized spacial score (nSPS) is 10.5. The number of nitrogens with zero attached hydrogens (tertiary/aromatic N) is 3. The second-order valence-corrected chi connectivity index (χ2v) is 5.18. The van der Waals surface area contributed by atoms with Gasteiger partial charge < -0.3 is 4.57 Å². The van der Waals surface area contributed by atoms with Gasteiger partial charge >= 0.3 is 5.69 Å². The molecule has 0 atom stereocenters. The van der Waals surface area contributed by atoms with E-state index in [4.69, 9.17) is 17.0 Å². The highest BCUT2D eigenvalue weighted by molar-refractivity contribution is 6.31. The Kier molecular flexibility index (Phi) is 3.43. The van der Waals surface area contributed by atoms with Crippen LogP contribution in [-0.4, -0.2) is 10.9 Å². The van der Waals surface area contributed by atoms with Crippen molar-refractivity contribution in [2.45, 2.75) is 6.54 Å². The molecule has 5 heteroatoms. The van der Waals surface area contributed by atoms with E-state index < -0.39 is 0 Å².